The van der Waals surface area contributed by atoms with Gasteiger partial charge in [-0.05, 0) is 38.0 Å². The molecule has 0 saturated heterocycles. The number of ether oxygens (including phenoxy) is 3. The Bertz CT molecular complexity index is 1600. The van der Waals surface area contributed by atoms with Crippen molar-refractivity contribution in [2.75, 3.05) is 20.8 Å². The van der Waals surface area contributed by atoms with Gasteiger partial charge in [0, 0.05) is 18.9 Å². The third-order valence-electron chi connectivity index (χ3n) is 6.64. The van der Waals surface area contributed by atoms with Crippen LogP contribution in [0.4, 0.5) is 0 Å². The highest BCUT2D eigenvalue weighted by Gasteiger charge is 2.31. The van der Waals surface area contributed by atoms with Crippen molar-refractivity contribution >= 4 is 26.9 Å². The molecule has 1 fully saturated rings. The first kappa shape index (κ1) is 26.5. The van der Waals surface area contributed by atoms with Crippen molar-refractivity contribution in [3.63, 3.8) is 0 Å². The van der Waals surface area contributed by atoms with Gasteiger partial charge in [-0.25, -0.2) is 28.4 Å². The van der Waals surface area contributed by atoms with Gasteiger partial charge in [0.2, 0.25) is 5.88 Å². The van der Waals surface area contributed by atoms with Crippen LogP contribution in [0.2, 0.25) is 0 Å². The average molecular weight is 552 g/mol. The third kappa shape index (κ3) is 5.29. The third-order valence-corrected chi connectivity index (χ3v) is 8.82. The van der Waals surface area contributed by atoms with Crippen LogP contribution in [0.5, 0.6) is 17.4 Å². The van der Waals surface area contributed by atoms with Crippen LogP contribution in [-0.2, 0) is 20.4 Å². The number of hydrogen-bond donors (Lipinski definition) is 0. The number of rotatable bonds is 9. The van der Waals surface area contributed by atoms with Crippen LogP contribution in [0, 0.1) is 0 Å². The Morgan fingerprint density at radius 2 is 1.67 bits per heavy atom. The summed E-state index contributed by atoms with van der Waals surface area (Å²) in [7, 11) is -0.461. The molecular weight excluding hydrogens is 522 g/mol. The van der Waals surface area contributed by atoms with E-state index in [2.05, 4.69) is 9.97 Å². The Morgan fingerprint density at radius 3 is 2.33 bits per heavy atom. The summed E-state index contributed by atoms with van der Waals surface area (Å²) in [6.45, 7) is 2.32. The molecule has 0 unspecified atom stereocenters. The maximum absolute atomic E-state index is 13.2. The van der Waals surface area contributed by atoms with Gasteiger partial charge in [0.05, 0.1) is 43.7 Å². The monoisotopic (exact) mass is 551 g/mol. The van der Waals surface area contributed by atoms with Crippen LogP contribution >= 0.6 is 0 Å². The Hall–Kier alpha value is -4.06. The zero-order chi connectivity index (χ0) is 27.6. The number of pyridine rings is 1. The summed E-state index contributed by atoms with van der Waals surface area (Å²) in [5.41, 5.74) is 1.91. The van der Waals surface area contributed by atoms with Crippen molar-refractivity contribution < 1.29 is 27.4 Å². The highest BCUT2D eigenvalue weighted by Crippen LogP contribution is 2.38. The molecule has 1 saturated carbocycles. The molecule has 0 N–H and O–H groups in total. The lowest BCUT2D eigenvalue weighted by Gasteiger charge is -2.20. The number of ketones is 1. The molecule has 4 aromatic rings. The number of aromatic nitrogens is 5. The zero-order valence-corrected chi connectivity index (χ0v) is 22.8. The zero-order valence-electron chi connectivity index (χ0n) is 22.0. The Labute approximate surface area is 226 Å². The molecule has 39 heavy (non-hydrogen) atoms. The number of methoxy groups -OCH3 is 2. The van der Waals surface area contributed by atoms with Gasteiger partial charge >= 0.3 is 0 Å². The number of fused-ring (bicyclic) bond motifs is 1. The number of hydrogen-bond acceptors (Lipinski definition) is 10. The van der Waals surface area contributed by atoms with E-state index in [0.717, 1.165) is 0 Å². The van der Waals surface area contributed by atoms with Crippen molar-refractivity contribution in [2.24, 2.45) is 0 Å². The van der Waals surface area contributed by atoms with Crippen molar-refractivity contribution in [1.29, 1.82) is 0 Å². The van der Waals surface area contributed by atoms with E-state index < -0.39 is 15.1 Å². The van der Waals surface area contributed by atoms with Gasteiger partial charge in [-0.1, -0.05) is 12.1 Å². The fourth-order valence-electron chi connectivity index (χ4n) is 4.76. The van der Waals surface area contributed by atoms with Crippen LogP contribution in [0.1, 0.15) is 38.3 Å². The first-order valence-corrected chi connectivity index (χ1v) is 14.4. The van der Waals surface area contributed by atoms with E-state index in [1.54, 1.807) is 49.1 Å². The molecular formula is C27H29N5O6S. The second-order valence-corrected chi connectivity index (χ2v) is 11.4. The van der Waals surface area contributed by atoms with Crippen LogP contribution in [0.3, 0.4) is 0 Å². The normalized spacial score (nSPS) is 14.5. The molecule has 1 aliphatic carbocycles. The predicted molar refractivity (Wildman–Crippen MR) is 144 cm³/mol. The second kappa shape index (κ2) is 11.0. The van der Waals surface area contributed by atoms with Crippen molar-refractivity contribution in [3.8, 4) is 34.6 Å². The van der Waals surface area contributed by atoms with Crippen molar-refractivity contribution in [1.82, 2.24) is 24.5 Å². The topological polar surface area (TPSA) is 135 Å². The number of sulfone groups is 1. The first-order valence-electron chi connectivity index (χ1n) is 12.6. The fourth-order valence-corrected chi connectivity index (χ4v) is 6.50. The predicted octanol–water partition coefficient (Wildman–Crippen LogP) is 3.72. The number of carbonyl (C=O) groups is 1. The molecule has 0 aliphatic heterocycles. The molecule has 0 atom stereocenters. The van der Waals surface area contributed by atoms with Gasteiger partial charge in [0.25, 0.3) is 0 Å². The first-order chi connectivity index (χ1) is 18.8. The van der Waals surface area contributed by atoms with E-state index in [9.17, 15) is 13.2 Å². The summed E-state index contributed by atoms with van der Waals surface area (Å²) in [5, 5.41) is -0.576. The Balaban J connectivity index is 1.68. The second-order valence-electron chi connectivity index (χ2n) is 9.13. The molecule has 0 spiro atoms. The number of benzene rings is 1. The lowest BCUT2D eigenvalue weighted by Crippen LogP contribution is -2.28. The Kier molecular flexibility index (Phi) is 7.47. The molecule has 0 amide bonds. The summed E-state index contributed by atoms with van der Waals surface area (Å²) in [4.78, 5) is 30.2. The standard InChI is InChI=1S/C27H29N5O6S/c1-4-38-23-10-5-7-20(30-23)26-31-25-27(32(26)24-21(36-2)8-6-9-22(24)37-3)29-17(15-28-25)16-39(34,35)19-13-11-18(33)12-14-19/h5-10,15,19H,4,11-14,16H2,1-3H3. The van der Waals surface area contributed by atoms with E-state index >= 15 is 0 Å². The molecule has 3 aromatic heterocycles. The summed E-state index contributed by atoms with van der Waals surface area (Å²) in [5.74, 6) is 1.62. The molecule has 1 aliphatic rings. The summed E-state index contributed by atoms with van der Waals surface area (Å²) in [6.07, 6.45) is 2.66. The lowest BCUT2D eigenvalue weighted by molar-refractivity contribution is -0.120. The highest BCUT2D eigenvalue weighted by molar-refractivity contribution is 7.91. The van der Waals surface area contributed by atoms with Crippen LogP contribution in [-0.4, -0.2) is 64.8 Å². The fraction of sp³-hybridized carbons (Fsp3) is 0.370. The molecule has 204 valence electrons. The van der Waals surface area contributed by atoms with Crippen molar-refractivity contribution in [3.05, 3.63) is 48.3 Å². The van der Waals surface area contributed by atoms with Crippen LogP contribution in [0.25, 0.3) is 28.5 Å². The summed E-state index contributed by atoms with van der Waals surface area (Å²) >= 11 is 0. The maximum Gasteiger partial charge on any atom is 0.213 e. The number of carbonyl (C=O) groups excluding carboxylic acids is 1. The van der Waals surface area contributed by atoms with Gasteiger partial charge < -0.3 is 14.2 Å². The summed E-state index contributed by atoms with van der Waals surface area (Å²) < 4.78 is 45.1. The minimum atomic E-state index is -3.55. The molecule has 0 radical (unpaired) electrons. The van der Waals surface area contributed by atoms with Gasteiger partial charge in [0.15, 0.2) is 27.0 Å². The smallest absolute Gasteiger partial charge is 0.213 e. The van der Waals surface area contributed by atoms with E-state index in [1.807, 2.05) is 13.0 Å². The molecule has 0 bridgehead atoms. The van der Waals surface area contributed by atoms with Crippen LogP contribution in [0.15, 0.2) is 42.6 Å². The Morgan fingerprint density at radius 1 is 0.974 bits per heavy atom. The van der Waals surface area contributed by atoms with E-state index in [-0.39, 0.29) is 30.1 Å². The highest BCUT2D eigenvalue weighted by atomic mass is 32.2. The van der Waals surface area contributed by atoms with Gasteiger partial charge in [0.1, 0.15) is 28.7 Å². The van der Waals surface area contributed by atoms with Crippen LogP contribution < -0.4 is 14.2 Å². The quantitative estimate of drug-likeness (QED) is 0.303. The van der Waals surface area contributed by atoms with E-state index in [1.165, 1.54) is 6.20 Å². The molecule has 12 heteroatoms. The molecule has 3 heterocycles. The van der Waals surface area contributed by atoms with Gasteiger partial charge in [-0.3, -0.25) is 9.36 Å². The molecule has 5 rings (SSSR count). The SMILES string of the molecule is CCOc1cccc(-c2nc3ncc(CS(=O)(=O)C4CCC(=O)CC4)nc3n2-c2c(OC)cccc2OC)n1. The lowest BCUT2D eigenvalue weighted by atomic mass is 9.99. The van der Waals surface area contributed by atoms with Gasteiger partial charge in [-0.2, -0.15) is 0 Å². The molecule has 11 nitrogen and oxygen atoms in total. The maximum atomic E-state index is 13.2. The average Bonchev–Trinajstić information content (AvgIpc) is 3.31. The van der Waals surface area contributed by atoms with E-state index in [0.29, 0.717) is 65.3 Å². The summed E-state index contributed by atoms with van der Waals surface area (Å²) in [6, 6.07) is 10.7. The van der Waals surface area contributed by atoms with E-state index in [4.69, 9.17) is 24.2 Å². The number of nitrogens with zero attached hydrogens (tertiary/aromatic N) is 5. The minimum Gasteiger partial charge on any atom is -0.494 e. The minimum absolute atomic E-state index is 0.104. The number of Topliss-reactive ketones (excluding diaryl/α,β-unsaturated/α-hetero) is 1. The van der Waals surface area contributed by atoms with Gasteiger partial charge in [-0.15, -0.1) is 0 Å². The largest absolute Gasteiger partial charge is 0.494 e. The number of imidazole rings is 1. The molecule has 1 aromatic carbocycles. The van der Waals surface area contributed by atoms with Crippen molar-refractivity contribution in [2.45, 2.75) is 43.6 Å². The number of para-hydroxylation sites is 1.